The van der Waals surface area contributed by atoms with E-state index in [0.29, 0.717) is 0 Å². The highest BCUT2D eigenvalue weighted by Gasteiger charge is 2.64. The zero-order valence-corrected chi connectivity index (χ0v) is 14.5. The highest BCUT2D eigenvalue weighted by molar-refractivity contribution is 8.01. The molecule has 2 rings (SSSR count). The van der Waals surface area contributed by atoms with Gasteiger partial charge in [-0.2, -0.15) is 0 Å². The summed E-state index contributed by atoms with van der Waals surface area (Å²) in [7, 11) is -2.03. The third-order valence-corrected chi connectivity index (χ3v) is 5.72. The molecule has 0 spiro atoms. The van der Waals surface area contributed by atoms with Crippen molar-refractivity contribution in [1.82, 2.24) is 10.2 Å². The van der Waals surface area contributed by atoms with Crippen molar-refractivity contribution in [2.24, 2.45) is 0 Å². The molecule has 0 unspecified atom stereocenters. The summed E-state index contributed by atoms with van der Waals surface area (Å²) >= 11 is 1.39. The lowest BCUT2D eigenvalue weighted by atomic mass is 9.96. The Morgan fingerprint density at radius 1 is 1.38 bits per heavy atom. The maximum absolute atomic E-state index is 12.1. The first-order valence-electron chi connectivity index (χ1n) is 6.66. The lowest BCUT2D eigenvalue weighted by Gasteiger charge is -2.43. The number of hydrogen-bond donors (Lipinski definition) is 2. The van der Waals surface area contributed by atoms with Crippen molar-refractivity contribution in [1.29, 1.82) is 0 Å². The lowest BCUT2D eigenvalue weighted by molar-refractivity contribution is -0.159. The first kappa shape index (κ1) is 16.2. The van der Waals surface area contributed by atoms with E-state index in [-0.39, 0.29) is 11.3 Å². The Morgan fingerprint density at radius 2 is 1.95 bits per heavy atom. The van der Waals surface area contributed by atoms with Crippen LogP contribution in [0.4, 0.5) is 4.79 Å². The van der Waals surface area contributed by atoms with Crippen LogP contribution in [0, 0.1) is 0 Å². The van der Waals surface area contributed by atoms with Crippen molar-refractivity contribution in [3.05, 3.63) is 0 Å². The molecular formula is C12H20N2O5SSi. The highest BCUT2D eigenvalue weighted by Crippen LogP contribution is 2.50. The Balaban J connectivity index is 2.06. The zero-order chi connectivity index (χ0) is 16.2. The fourth-order valence-electron chi connectivity index (χ4n) is 2.58. The van der Waals surface area contributed by atoms with E-state index in [1.165, 1.54) is 16.7 Å². The number of fused-ring (bicyclic) bond motifs is 1. The van der Waals surface area contributed by atoms with E-state index in [2.05, 4.69) is 5.32 Å². The van der Waals surface area contributed by atoms with Gasteiger partial charge in [0.2, 0.25) is 14.2 Å². The fraction of sp³-hybridized carbons (Fsp3) is 0.750. The molecule has 0 aromatic rings. The fourth-order valence-corrected chi connectivity index (χ4v) is 4.82. The lowest BCUT2D eigenvalue weighted by Crippen LogP contribution is -2.70. The molecule has 2 N–H and O–H groups in total. The van der Waals surface area contributed by atoms with Gasteiger partial charge in [0.15, 0.2) is 0 Å². The minimum absolute atomic E-state index is 0.345. The first-order valence-corrected chi connectivity index (χ1v) is 10.9. The standard InChI is InChI=1S/C12H20N2O5SSi/c1-12(2)7(10(16)17)14-8(15)6(9(14)20-12)13-11(18)19-21(3,4)5/h6-7,9H,1-5H3,(H,13,18)(H,16,17)/t6-,7+,9-/m1/s1. The summed E-state index contributed by atoms with van der Waals surface area (Å²) in [5.74, 6) is -1.38. The van der Waals surface area contributed by atoms with Gasteiger partial charge in [0.05, 0.1) is 0 Å². The Labute approximate surface area is 128 Å². The number of carboxylic acids is 1. The van der Waals surface area contributed by atoms with Gasteiger partial charge >= 0.3 is 12.1 Å². The summed E-state index contributed by atoms with van der Waals surface area (Å²) in [5.41, 5.74) is 0. The maximum Gasteiger partial charge on any atom is 0.394 e. The van der Waals surface area contributed by atoms with Gasteiger partial charge in [0.25, 0.3) is 0 Å². The molecule has 7 nitrogen and oxygen atoms in total. The zero-order valence-electron chi connectivity index (χ0n) is 12.7. The second-order valence-corrected chi connectivity index (χ2v) is 12.9. The van der Waals surface area contributed by atoms with Crippen molar-refractivity contribution in [3.8, 4) is 0 Å². The number of nitrogens with one attached hydrogen (secondary N) is 1. The minimum atomic E-state index is -2.03. The number of β-lactam (4-membered cyclic amide) rings is 1. The summed E-state index contributed by atoms with van der Waals surface area (Å²) < 4.78 is 4.67. The van der Waals surface area contributed by atoms with E-state index in [9.17, 15) is 19.5 Å². The van der Waals surface area contributed by atoms with Crippen LogP contribution in [0.15, 0.2) is 0 Å². The molecule has 0 aromatic heterocycles. The van der Waals surface area contributed by atoms with Gasteiger partial charge in [-0.3, -0.25) is 4.79 Å². The van der Waals surface area contributed by atoms with Crippen LogP contribution < -0.4 is 5.32 Å². The van der Waals surface area contributed by atoms with Gasteiger partial charge in [-0.25, -0.2) is 9.59 Å². The Bertz CT molecular complexity index is 504. The number of nitrogens with zero attached hydrogens (tertiary/aromatic N) is 1. The van der Waals surface area contributed by atoms with E-state index in [4.69, 9.17) is 4.43 Å². The van der Waals surface area contributed by atoms with Gasteiger partial charge in [-0.1, -0.05) is 0 Å². The van der Waals surface area contributed by atoms with Crippen molar-refractivity contribution in [3.63, 3.8) is 0 Å². The average molecular weight is 332 g/mol. The average Bonchev–Trinajstić information content (AvgIpc) is 2.52. The maximum atomic E-state index is 12.1. The van der Waals surface area contributed by atoms with Crippen LogP contribution in [0.5, 0.6) is 0 Å². The molecule has 2 saturated heterocycles. The largest absolute Gasteiger partial charge is 0.504 e. The molecule has 0 saturated carbocycles. The van der Waals surface area contributed by atoms with E-state index < -0.39 is 37.2 Å². The van der Waals surface area contributed by atoms with Gasteiger partial charge in [-0.15, -0.1) is 11.8 Å². The normalized spacial score (nSPS) is 30.4. The van der Waals surface area contributed by atoms with E-state index >= 15 is 0 Å². The predicted molar refractivity (Wildman–Crippen MR) is 80.5 cm³/mol. The van der Waals surface area contributed by atoms with E-state index in [1.807, 2.05) is 19.6 Å². The summed E-state index contributed by atoms with van der Waals surface area (Å²) in [4.78, 5) is 36.6. The summed E-state index contributed by atoms with van der Waals surface area (Å²) in [5, 5.41) is 11.5. The predicted octanol–water partition coefficient (Wildman–Crippen LogP) is 1.06. The molecule has 21 heavy (non-hydrogen) atoms. The number of rotatable bonds is 3. The minimum Gasteiger partial charge on any atom is -0.504 e. The van der Waals surface area contributed by atoms with Crippen LogP contribution in [0.25, 0.3) is 0 Å². The van der Waals surface area contributed by atoms with Crippen molar-refractivity contribution in [2.75, 3.05) is 0 Å². The van der Waals surface area contributed by atoms with Crippen LogP contribution in [0.1, 0.15) is 13.8 Å². The van der Waals surface area contributed by atoms with Crippen molar-refractivity contribution in [2.45, 2.75) is 55.7 Å². The molecule has 2 fully saturated rings. The second-order valence-electron chi connectivity index (χ2n) is 6.72. The molecule has 2 aliphatic heterocycles. The monoisotopic (exact) mass is 332 g/mol. The van der Waals surface area contributed by atoms with Crippen molar-refractivity contribution >= 4 is 38.0 Å². The van der Waals surface area contributed by atoms with Crippen LogP contribution in [-0.4, -0.2) is 58.5 Å². The smallest absolute Gasteiger partial charge is 0.394 e. The number of thioether (sulfide) groups is 1. The van der Waals surface area contributed by atoms with Gasteiger partial charge in [-0.05, 0) is 33.5 Å². The van der Waals surface area contributed by atoms with Gasteiger partial charge < -0.3 is 19.7 Å². The summed E-state index contributed by atoms with van der Waals surface area (Å²) in [6.45, 7) is 9.19. The molecule has 2 amide bonds. The van der Waals surface area contributed by atoms with Gasteiger partial charge in [0, 0.05) is 4.75 Å². The summed E-state index contributed by atoms with van der Waals surface area (Å²) in [6, 6.07) is -1.58. The molecule has 0 bridgehead atoms. The number of carboxylic acid groups (broad SMARTS) is 1. The topological polar surface area (TPSA) is 95.9 Å². The third kappa shape index (κ3) is 2.89. The number of aliphatic carboxylic acids is 1. The Kier molecular flexibility index (Phi) is 3.77. The van der Waals surface area contributed by atoms with E-state index in [0.717, 1.165) is 0 Å². The Hall–Kier alpha value is -1.22. The van der Waals surface area contributed by atoms with Crippen LogP contribution in [-0.2, 0) is 14.0 Å². The number of carbonyl (C=O) groups excluding carboxylic acids is 2. The van der Waals surface area contributed by atoms with Crippen LogP contribution >= 0.6 is 11.8 Å². The number of carbonyl (C=O) groups is 3. The molecule has 0 radical (unpaired) electrons. The summed E-state index contributed by atoms with van der Waals surface area (Å²) in [6.07, 6.45) is -0.607. The molecule has 118 valence electrons. The Morgan fingerprint density at radius 3 is 2.43 bits per heavy atom. The van der Waals surface area contributed by atoms with E-state index in [1.54, 1.807) is 13.8 Å². The number of amides is 2. The molecular weight excluding hydrogens is 312 g/mol. The third-order valence-electron chi connectivity index (χ3n) is 3.35. The molecule has 0 aromatic carbocycles. The highest BCUT2D eigenvalue weighted by atomic mass is 32.2. The number of hydrogen-bond acceptors (Lipinski definition) is 5. The SMILES string of the molecule is CC1(C)S[C@@H]2[C@H](NC(=O)O[Si](C)(C)C)C(=O)N2[C@H]1C(=O)O. The molecule has 0 aliphatic carbocycles. The quantitative estimate of drug-likeness (QED) is 0.593. The van der Waals surface area contributed by atoms with Crippen LogP contribution in [0.3, 0.4) is 0 Å². The molecule has 9 heteroatoms. The van der Waals surface area contributed by atoms with Crippen molar-refractivity contribution < 1.29 is 23.9 Å². The molecule has 3 atom stereocenters. The van der Waals surface area contributed by atoms with Crippen LogP contribution in [0.2, 0.25) is 19.6 Å². The second kappa shape index (κ2) is 4.91. The first-order chi connectivity index (χ1) is 9.44. The molecule has 2 aliphatic rings. The molecule has 2 heterocycles. The van der Waals surface area contributed by atoms with Gasteiger partial charge in [0.1, 0.15) is 17.5 Å².